The number of carboxylic acids is 1. The van der Waals surface area contributed by atoms with Gasteiger partial charge in [-0.05, 0) is 25.0 Å². The summed E-state index contributed by atoms with van der Waals surface area (Å²) in [4.78, 5) is 16.1. The number of para-hydroxylation sites is 1. The van der Waals surface area contributed by atoms with Gasteiger partial charge >= 0.3 is 5.97 Å². The summed E-state index contributed by atoms with van der Waals surface area (Å²) in [5.41, 5.74) is -0.0670. The minimum absolute atomic E-state index is 0.149. The summed E-state index contributed by atoms with van der Waals surface area (Å²) in [6, 6.07) is 7.57. The van der Waals surface area contributed by atoms with Gasteiger partial charge in [-0.25, -0.2) is 4.98 Å². The first-order valence-electron chi connectivity index (χ1n) is 6.95. The molecule has 1 atom stereocenters. The van der Waals surface area contributed by atoms with E-state index in [1.165, 1.54) is 6.33 Å². The van der Waals surface area contributed by atoms with Crippen molar-refractivity contribution < 1.29 is 14.6 Å². The quantitative estimate of drug-likeness (QED) is 0.923. The monoisotopic (exact) mass is 287 g/mol. The van der Waals surface area contributed by atoms with Gasteiger partial charge in [-0.2, -0.15) is 5.10 Å². The number of hydrogen-bond donors (Lipinski definition) is 1. The topological polar surface area (TPSA) is 77.2 Å². The lowest BCUT2D eigenvalue weighted by Gasteiger charge is -2.34. The average Bonchev–Trinajstić information content (AvgIpc) is 2.94. The molecule has 1 unspecified atom stereocenters. The lowest BCUT2D eigenvalue weighted by molar-refractivity contribution is -0.151. The van der Waals surface area contributed by atoms with E-state index in [1.54, 1.807) is 4.68 Å². The Morgan fingerprint density at radius 1 is 1.48 bits per heavy atom. The molecule has 0 bridgehead atoms. The van der Waals surface area contributed by atoms with Gasteiger partial charge in [0.1, 0.15) is 29.9 Å². The molecule has 1 aromatic carbocycles. The van der Waals surface area contributed by atoms with Crippen molar-refractivity contribution in [3.05, 3.63) is 42.0 Å². The number of aryl methyl sites for hydroxylation is 1. The van der Waals surface area contributed by atoms with E-state index >= 15 is 0 Å². The lowest BCUT2D eigenvalue weighted by Crippen LogP contribution is -2.44. The number of fused-ring (bicyclic) bond motifs is 1. The van der Waals surface area contributed by atoms with Gasteiger partial charge in [-0.3, -0.25) is 9.48 Å². The average molecular weight is 287 g/mol. The van der Waals surface area contributed by atoms with Crippen LogP contribution in [0.3, 0.4) is 0 Å². The molecule has 2 aromatic rings. The summed E-state index contributed by atoms with van der Waals surface area (Å²) in [5, 5.41) is 13.8. The van der Waals surface area contributed by atoms with E-state index < -0.39 is 11.4 Å². The fourth-order valence-electron chi connectivity index (χ4n) is 2.74. The van der Waals surface area contributed by atoms with Crippen molar-refractivity contribution in [2.45, 2.75) is 26.3 Å². The number of ether oxygens (including phenoxy) is 1. The molecule has 3 rings (SSSR count). The van der Waals surface area contributed by atoms with Gasteiger partial charge < -0.3 is 9.84 Å². The van der Waals surface area contributed by atoms with Crippen LogP contribution in [-0.2, 0) is 24.2 Å². The van der Waals surface area contributed by atoms with E-state index in [9.17, 15) is 9.90 Å². The number of benzene rings is 1. The van der Waals surface area contributed by atoms with Gasteiger partial charge in [0.25, 0.3) is 0 Å². The van der Waals surface area contributed by atoms with Crippen LogP contribution in [0.5, 0.6) is 5.75 Å². The molecule has 0 spiro atoms. The van der Waals surface area contributed by atoms with E-state index in [2.05, 4.69) is 10.1 Å². The second kappa shape index (κ2) is 5.20. The van der Waals surface area contributed by atoms with Gasteiger partial charge in [0, 0.05) is 13.0 Å². The summed E-state index contributed by atoms with van der Waals surface area (Å²) in [6.45, 7) is 2.77. The molecule has 1 aliphatic heterocycles. The van der Waals surface area contributed by atoms with Crippen molar-refractivity contribution in [1.82, 2.24) is 14.8 Å². The van der Waals surface area contributed by atoms with Gasteiger partial charge in [0.05, 0.1) is 0 Å². The zero-order valence-electron chi connectivity index (χ0n) is 11.8. The highest BCUT2D eigenvalue weighted by Crippen LogP contribution is 2.37. The van der Waals surface area contributed by atoms with Crippen molar-refractivity contribution in [2.75, 3.05) is 6.61 Å². The summed E-state index contributed by atoms with van der Waals surface area (Å²) >= 11 is 0. The zero-order valence-corrected chi connectivity index (χ0v) is 11.8. The van der Waals surface area contributed by atoms with Crippen molar-refractivity contribution in [3.63, 3.8) is 0 Å². The maximum Gasteiger partial charge on any atom is 0.313 e. The number of hydrogen-bond acceptors (Lipinski definition) is 4. The Labute approximate surface area is 122 Å². The molecule has 0 aliphatic carbocycles. The SMILES string of the molecule is CCn1ncnc1CC1(C(=O)O)COc2ccccc2C1. The molecule has 1 aliphatic rings. The molecule has 6 heteroatoms. The summed E-state index contributed by atoms with van der Waals surface area (Å²) < 4.78 is 7.41. The first kappa shape index (κ1) is 13.6. The fraction of sp³-hybridized carbons (Fsp3) is 0.400. The van der Waals surface area contributed by atoms with Crippen LogP contribution in [0.25, 0.3) is 0 Å². The van der Waals surface area contributed by atoms with E-state index in [4.69, 9.17) is 4.74 Å². The molecule has 21 heavy (non-hydrogen) atoms. The van der Waals surface area contributed by atoms with Gasteiger partial charge in [-0.1, -0.05) is 18.2 Å². The highest BCUT2D eigenvalue weighted by Gasteiger charge is 2.44. The molecule has 0 saturated carbocycles. The maximum atomic E-state index is 11.9. The third-order valence-corrected chi connectivity index (χ3v) is 3.95. The molecule has 0 saturated heterocycles. The standard InChI is InChI=1S/C15H17N3O3/c1-2-18-13(16-10-17-18)8-15(14(19)20)7-11-5-3-4-6-12(11)21-9-15/h3-6,10H,2,7-9H2,1H3,(H,19,20). The predicted molar refractivity (Wildman–Crippen MR) is 75.1 cm³/mol. The Hall–Kier alpha value is -2.37. The normalized spacial score (nSPS) is 20.6. The number of aliphatic carboxylic acids is 1. The number of carboxylic acid groups (broad SMARTS) is 1. The Kier molecular flexibility index (Phi) is 3.37. The van der Waals surface area contributed by atoms with Gasteiger partial charge in [0.15, 0.2) is 0 Å². The van der Waals surface area contributed by atoms with Crippen LogP contribution in [0, 0.1) is 5.41 Å². The molecule has 110 valence electrons. The molecule has 6 nitrogen and oxygen atoms in total. The highest BCUT2D eigenvalue weighted by atomic mass is 16.5. The molecule has 2 heterocycles. The van der Waals surface area contributed by atoms with Crippen LogP contribution in [-0.4, -0.2) is 32.4 Å². The van der Waals surface area contributed by atoms with Crippen molar-refractivity contribution in [3.8, 4) is 5.75 Å². The van der Waals surface area contributed by atoms with Crippen LogP contribution in [0.4, 0.5) is 0 Å². The Morgan fingerprint density at radius 3 is 3.05 bits per heavy atom. The number of rotatable bonds is 4. The van der Waals surface area contributed by atoms with Crippen LogP contribution < -0.4 is 4.74 Å². The summed E-state index contributed by atoms with van der Waals surface area (Å²) in [5.74, 6) is 0.594. The second-order valence-electron chi connectivity index (χ2n) is 5.33. The maximum absolute atomic E-state index is 11.9. The van der Waals surface area contributed by atoms with Crippen LogP contribution in [0.2, 0.25) is 0 Å². The van der Waals surface area contributed by atoms with Crippen LogP contribution >= 0.6 is 0 Å². The number of nitrogens with zero attached hydrogens (tertiary/aromatic N) is 3. The predicted octanol–water partition coefficient (Wildman–Crippen LogP) is 1.55. The Bertz CT molecular complexity index is 668. The molecule has 1 N–H and O–H groups in total. The second-order valence-corrected chi connectivity index (χ2v) is 5.33. The van der Waals surface area contributed by atoms with E-state index in [0.29, 0.717) is 25.2 Å². The summed E-state index contributed by atoms with van der Waals surface area (Å²) in [7, 11) is 0. The lowest BCUT2D eigenvalue weighted by atomic mass is 9.77. The number of carbonyl (C=O) groups is 1. The first-order chi connectivity index (χ1) is 10.1. The van der Waals surface area contributed by atoms with Gasteiger partial charge in [0.2, 0.25) is 0 Å². The molecular formula is C15H17N3O3. The van der Waals surface area contributed by atoms with E-state index in [0.717, 1.165) is 11.3 Å². The first-order valence-corrected chi connectivity index (χ1v) is 6.95. The fourth-order valence-corrected chi connectivity index (χ4v) is 2.74. The molecule has 0 fully saturated rings. The Morgan fingerprint density at radius 2 is 2.29 bits per heavy atom. The third kappa shape index (κ3) is 2.37. The summed E-state index contributed by atoms with van der Waals surface area (Å²) in [6.07, 6.45) is 2.21. The van der Waals surface area contributed by atoms with E-state index in [1.807, 2.05) is 31.2 Å². The largest absolute Gasteiger partial charge is 0.492 e. The minimum Gasteiger partial charge on any atom is -0.492 e. The number of aromatic nitrogens is 3. The highest BCUT2D eigenvalue weighted by molar-refractivity contribution is 5.76. The smallest absolute Gasteiger partial charge is 0.313 e. The van der Waals surface area contributed by atoms with Crippen molar-refractivity contribution in [1.29, 1.82) is 0 Å². The zero-order chi connectivity index (χ0) is 14.9. The van der Waals surface area contributed by atoms with Crippen LogP contribution in [0.1, 0.15) is 18.3 Å². The van der Waals surface area contributed by atoms with Gasteiger partial charge in [-0.15, -0.1) is 0 Å². The van der Waals surface area contributed by atoms with Crippen LogP contribution in [0.15, 0.2) is 30.6 Å². The molecular weight excluding hydrogens is 270 g/mol. The molecule has 0 radical (unpaired) electrons. The van der Waals surface area contributed by atoms with Crippen molar-refractivity contribution >= 4 is 5.97 Å². The molecule has 0 amide bonds. The van der Waals surface area contributed by atoms with E-state index in [-0.39, 0.29) is 6.61 Å². The minimum atomic E-state index is -0.992. The van der Waals surface area contributed by atoms with Crippen molar-refractivity contribution in [2.24, 2.45) is 5.41 Å². The Balaban J connectivity index is 1.94. The molecule has 1 aromatic heterocycles. The third-order valence-electron chi connectivity index (χ3n) is 3.95.